The molecule has 2 heterocycles. The van der Waals surface area contributed by atoms with Gasteiger partial charge in [-0.05, 0) is 48.7 Å². The Morgan fingerprint density at radius 1 is 1.14 bits per heavy atom. The number of rotatable bonds is 3. The quantitative estimate of drug-likeness (QED) is 0.672. The lowest BCUT2D eigenvalue weighted by molar-refractivity contribution is 0.101. The molecule has 0 fully saturated rings. The number of aromatic nitrogens is 1. The van der Waals surface area contributed by atoms with Gasteiger partial charge in [0.15, 0.2) is 17.2 Å². The second kappa shape index (κ2) is 6.80. The molecule has 1 aliphatic heterocycles. The van der Waals surface area contributed by atoms with Gasteiger partial charge in [0.2, 0.25) is 0 Å². The van der Waals surface area contributed by atoms with E-state index < -0.39 is 0 Å². The van der Waals surface area contributed by atoms with Gasteiger partial charge in [0.25, 0.3) is 0 Å². The predicted molar refractivity (Wildman–Crippen MR) is 105 cm³/mol. The van der Waals surface area contributed by atoms with E-state index >= 15 is 0 Å². The molecule has 144 valence electrons. The number of ketones is 1. The van der Waals surface area contributed by atoms with E-state index in [-0.39, 0.29) is 23.0 Å². The number of phenolic OH excluding ortho intramolecular Hbond substituents is 2. The van der Waals surface area contributed by atoms with Crippen LogP contribution in [0.5, 0.6) is 11.5 Å². The minimum Gasteiger partial charge on any atom is -0.508 e. The Morgan fingerprint density at radius 2 is 1.93 bits per heavy atom. The van der Waals surface area contributed by atoms with Crippen molar-refractivity contribution in [1.82, 2.24) is 10.1 Å². The van der Waals surface area contributed by atoms with E-state index in [4.69, 9.17) is 4.52 Å². The predicted octanol–water partition coefficient (Wildman–Crippen LogP) is 3.92. The van der Waals surface area contributed by atoms with Crippen LogP contribution in [-0.2, 0) is 13.0 Å². The van der Waals surface area contributed by atoms with E-state index in [1.165, 1.54) is 24.1 Å². The largest absolute Gasteiger partial charge is 0.508 e. The average molecular weight is 378 g/mol. The monoisotopic (exact) mass is 378 g/mol. The number of benzene rings is 2. The molecule has 0 radical (unpaired) electrons. The van der Waals surface area contributed by atoms with Gasteiger partial charge in [-0.1, -0.05) is 23.4 Å². The molecule has 6 heteroatoms. The molecule has 0 unspecified atom stereocenters. The van der Waals surface area contributed by atoms with Gasteiger partial charge in [0, 0.05) is 26.1 Å². The first-order valence-electron chi connectivity index (χ1n) is 9.19. The third kappa shape index (κ3) is 3.05. The van der Waals surface area contributed by atoms with Crippen LogP contribution in [0.2, 0.25) is 0 Å². The molecule has 0 amide bonds. The van der Waals surface area contributed by atoms with Crippen molar-refractivity contribution >= 4 is 5.78 Å². The lowest BCUT2D eigenvalue weighted by Gasteiger charge is -2.25. The molecule has 1 aliphatic rings. The van der Waals surface area contributed by atoms with Crippen LogP contribution in [0.3, 0.4) is 0 Å². The maximum Gasteiger partial charge on any atom is 0.182 e. The van der Waals surface area contributed by atoms with Crippen LogP contribution >= 0.6 is 0 Å². The van der Waals surface area contributed by atoms with E-state index in [9.17, 15) is 15.0 Å². The molecule has 28 heavy (non-hydrogen) atoms. The molecule has 1 aromatic heterocycles. The molecule has 6 nitrogen and oxygen atoms in total. The van der Waals surface area contributed by atoms with Gasteiger partial charge in [-0.25, -0.2) is 0 Å². The number of aromatic hydroxyl groups is 2. The number of Topliss-reactive ketones (excluding diaryl/α,β-unsaturated/α-hetero) is 1. The first kappa shape index (κ1) is 18.3. The number of carbonyl (C=O) groups excluding carboxylic acids is 1. The highest BCUT2D eigenvalue weighted by molar-refractivity contribution is 6.02. The first-order valence-corrected chi connectivity index (χ1v) is 9.19. The SMILES string of the molecule is CC(=O)c1noc(-c2cc(C)c(O)cc2O)c1-c1ccc2c(c1)CCN(C)C2. The highest BCUT2D eigenvalue weighted by Crippen LogP contribution is 2.42. The standard InChI is InChI=1S/C22H22N2O4/c1-12-8-17(19(27)10-18(12)26)22-20(21(13(2)25)23-28-22)15-4-5-16-11-24(3)7-6-14(16)9-15/h4-5,8-10,26-27H,6-7,11H2,1-3H3. The fraction of sp³-hybridized carbons (Fsp3) is 0.273. The minimum absolute atomic E-state index is 0.00740. The van der Waals surface area contributed by atoms with Gasteiger partial charge in [-0.2, -0.15) is 0 Å². The first-order chi connectivity index (χ1) is 13.3. The van der Waals surface area contributed by atoms with E-state index in [2.05, 4.69) is 29.2 Å². The Morgan fingerprint density at radius 3 is 2.68 bits per heavy atom. The Bertz CT molecular complexity index is 1080. The molecular weight excluding hydrogens is 356 g/mol. The molecule has 0 aliphatic carbocycles. The zero-order valence-corrected chi connectivity index (χ0v) is 16.1. The molecule has 0 saturated carbocycles. The number of hydrogen-bond acceptors (Lipinski definition) is 6. The van der Waals surface area contributed by atoms with Crippen LogP contribution in [-0.4, -0.2) is 39.6 Å². The Hall–Kier alpha value is -3.12. The maximum absolute atomic E-state index is 12.2. The van der Waals surface area contributed by atoms with Gasteiger partial charge >= 0.3 is 0 Å². The van der Waals surface area contributed by atoms with Crippen LogP contribution in [0.25, 0.3) is 22.5 Å². The minimum atomic E-state index is -0.211. The van der Waals surface area contributed by atoms with Gasteiger partial charge < -0.3 is 19.6 Å². The summed E-state index contributed by atoms with van der Waals surface area (Å²) in [7, 11) is 2.10. The second-order valence-electron chi connectivity index (χ2n) is 7.42. The molecule has 0 atom stereocenters. The summed E-state index contributed by atoms with van der Waals surface area (Å²) in [5, 5.41) is 24.2. The van der Waals surface area contributed by atoms with Crippen LogP contribution in [0.4, 0.5) is 0 Å². The summed E-state index contributed by atoms with van der Waals surface area (Å²) in [5.41, 5.74) is 5.11. The number of likely N-dealkylation sites (N-methyl/N-ethyl adjacent to an activating group) is 1. The molecule has 0 saturated heterocycles. The maximum atomic E-state index is 12.2. The molecule has 0 bridgehead atoms. The van der Waals surface area contributed by atoms with Crippen molar-refractivity contribution in [3.63, 3.8) is 0 Å². The lowest BCUT2D eigenvalue weighted by Crippen LogP contribution is -2.26. The fourth-order valence-electron chi connectivity index (χ4n) is 3.70. The third-order valence-corrected chi connectivity index (χ3v) is 5.28. The summed E-state index contributed by atoms with van der Waals surface area (Å²) in [6.07, 6.45) is 0.930. The van der Waals surface area contributed by atoms with E-state index in [1.807, 2.05) is 6.07 Å². The molecule has 0 spiro atoms. The van der Waals surface area contributed by atoms with Crippen molar-refractivity contribution in [2.24, 2.45) is 0 Å². The van der Waals surface area contributed by atoms with Crippen LogP contribution in [0, 0.1) is 6.92 Å². The third-order valence-electron chi connectivity index (χ3n) is 5.28. The van der Waals surface area contributed by atoms with E-state index in [1.54, 1.807) is 13.0 Å². The van der Waals surface area contributed by atoms with Crippen molar-refractivity contribution in [1.29, 1.82) is 0 Å². The summed E-state index contributed by atoms with van der Waals surface area (Å²) >= 11 is 0. The number of carbonyl (C=O) groups is 1. The smallest absolute Gasteiger partial charge is 0.182 e. The van der Waals surface area contributed by atoms with Gasteiger partial charge in [-0.3, -0.25) is 4.79 Å². The summed E-state index contributed by atoms with van der Waals surface area (Å²) in [6, 6.07) is 9.02. The number of fused-ring (bicyclic) bond motifs is 1. The fourth-order valence-corrected chi connectivity index (χ4v) is 3.70. The zero-order chi connectivity index (χ0) is 20.0. The highest BCUT2D eigenvalue weighted by Gasteiger charge is 2.25. The summed E-state index contributed by atoms with van der Waals surface area (Å²) in [6.45, 7) is 5.05. The molecule has 2 N–H and O–H groups in total. The summed E-state index contributed by atoms with van der Waals surface area (Å²) < 4.78 is 5.51. The van der Waals surface area contributed by atoms with Crippen molar-refractivity contribution < 1.29 is 19.5 Å². The number of aryl methyl sites for hydroxylation is 1. The lowest BCUT2D eigenvalue weighted by atomic mass is 9.92. The Kier molecular flexibility index (Phi) is 4.43. The van der Waals surface area contributed by atoms with Crippen molar-refractivity contribution in [2.75, 3.05) is 13.6 Å². The molecule has 2 aromatic carbocycles. The molecule has 3 aromatic rings. The van der Waals surface area contributed by atoms with Crippen molar-refractivity contribution in [2.45, 2.75) is 26.8 Å². The Balaban J connectivity index is 1.91. The van der Waals surface area contributed by atoms with Crippen LogP contribution in [0.1, 0.15) is 34.1 Å². The van der Waals surface area contributed by atoms with Crippen molar-refractivity contribution in [3.8, 4) is 33.9 Å². The number of hydrogen-bond donors (Lipinski definition) is 2. The van der Waals surface area contributed by atoms with Crippen LogP contribution in [0.15, 0.2) is 34.9 Å². The topological polar surface area (TPSA) is 86.8 Å². The second-order valence-corrected chi connectivity index (χ2v) is 7.42. The summed E-state index contributed by atoms with van der Waals surface area (Å²) in [5.74, 6) is -0.0293. The van der Waals surface area contributed by atoms with Gasteiger partial charge in [0.05, 0.1) is 11.1 Å². The molecule has 4 rings (SSSR count). The Labute approximate surface area is 163 Å². The molecular formula is C22H22N2O4. The van der Waals surface area contributed by atoms with Crippen LogP contribution < -0.4 is 0 Å². The van der Waals surface area contributed by atoms with Crippen molar-refractivity contribution in [3.05, 3.63) is 52.7 Å². The van der Waals surface area contributed by atoms with Gasteiger partial charge in [0.1, 0.15) is 11.5 Å². The average Bonchev–Trinajstić information content (AvgIpc) is 3.09. The number of phenols is 2. The number of nitrogens with zero attached hydrogens (tertiary/aromatic N) is 2. The summed E-state index contributed by atoms with van der Waals surface area (Å²) in [4.78, 5) is 14.5. The zero-order valence-electron chi connectivity index (χ0n) is 16.1. The van der Waals surface area contributed by atoms with E-state index in [0.29, 0.717) is 22.5 Å². The van der Waals surface area contributed by atoms with E-state index in [0.717, 1.165) is 25.1 Å². The highest BCUT2D eigenvalue weighted by atomic mass is 16.5. The normalized spacial score (nSPS) is 14.1. The van der Waals surface area contributed by atoms with Gasteiger partial charge in [-0.15, -0.1) is 0 Å².